The number of aliphatic carboxylic acids is 1. The number of carboxylic acids is 1. The molecule has 3 aromatic rings. The van der Waals surface area contributed by atoms with Crippen molar-refractivity contribution in [2.75, 3.05) is 31.2 Å². The largest absolute Gasteiger partial charge is 0.478 e. The molecule has 1 aliphatic carbocycles. The second-order valence-electron chi connectivity index (χ2n) is 9.78. The van der Waals surface area contributed by atoms with E-state index in [0.29, 0.717) is 23.8 Å². The number of benzene rings is 3. The first-order valence-corrected chi connectivity index (χ1v) is 13.4. The van der Waals surface area contributed by atoms with Crippen LogP contribution in [-0.2, 0) is 9.53 Å². The highest BCUT2D eigenvalue weighted by Crippen LogP contribution is 2.47. The lowest BCUT2D eigenvalue weighted by Crippen LogP contribution is -2.36. The summed E-state index contributed by atoms with van der Waals surface area (Å²) in [6, 6.07) is 20.4. The van der Waals surface area contributed by atoms with Gasteiger partial charge in [-0.1, -0.05) is 54.4 Å². The topological polar surface area (TPSA) is 73.6 Å². The zero-order valence-electron chi connectivity index (χ0n) is 21.4. The van der Waals surface area contributed by atoms with E-state index in [2.05, 4.69) is 11.0 Å². The molecule has 2 aliphatic rings. The van der Waals surface area contributed by atoms with Gasteiger partial charge in [-0.2, -0.15) is 5.26 Å². The third-order valence-corrected chi connectivity index (χ3v) is 7.70. The summed E-state index contributed by atoms with van der Waals surface area (Å²) < 4.78 is 19.6. The van der Waals surface area contributed by atoms with Gasteiger partial charge < -0.3 is 14.7 Å². The van der Waals surface area contributed by atoms with Gasteiger partial charge in [0, 0.05) is 30.4 Å². The Bertz CT molecular complexity index is 1480. The lowest BCUT2D eigenvalue weighted by Gasteiger charge is -2.33. The summed E-state index contributed by atoms with van der Waals surface area (Å²) in [5.74, 6) is -1.21. The van der Waals surface area contributed by atoms with Crippen LogP contribution in [0.1, 0.15) is 47.1 Å². The highest BCUT2D eigenvalue weighted by atomic mass is 35.5. The molecule has 1 saturated heterocycles. The first-order valence-electron chi connectivity index (χ1n) is 13.0. The molecule has 1 N–H and O–H groups in total. The Morgan fingerprint density at radius 1 is 1.05 bits per heavy atom. The number of nitrogens with zero attached hydrogens (tertiary/aromatic N) is 2. The van der Waals surface area contributed by atoms with Gasteiger partial charge in [-0.25, -0.2) is 9.18 Å². The molecule has 7 heteroatoms. The van der Waals surface area contributed by atoms with E-state index in [1.165, 1.54) is 18.2 Å². The molecule has 1 heterocycles. The Morgan fingerprint density at radius 3 is 2.38 bits per heavy atom. The van der Waals surface area contributed by atoms with Crippen molar-refractivity contribution in [2.24, 2.45) is 5.92 Å². The smallest absolute Gasteiger partial charge is 0.328 e. The van der Waals surface area contributed by atoms with Crippen molar-refractivity contribution in [1.82, 2.24) is 0 Å². The van der Waals surface area contributed by atoms with Crippen molar-refractivity contribution in [3.05, 3.63) is 105 Å². The van der Waals surface area contributed by atoms with Crippen LogP contribution in [-0.4, -0.2) is 37.4 Å². The Balaban J connectivity index is 1.72. The molecule has 0 aromatic heterocycles. The Hall–Kier alpha value is -3.92. The second kappa shape index (κ2) is 11.9. The maximum absolute atomic E-state index is 14.1. The van der Waals surface area contributed by atoms with E-state index in [0.717, 1.165) is 77.5 Å². The fraction of sp³-hybridized carbons (Fsp3) is 0.250. The molecule has 0 amide bonds. The van der Waals surface area contributed by atoms with Crippen molar-refractivity contribution < 1.29 is 19.0 Å². The number of nitriles is 1. The number of hydrogen-bond acceptors (Lipinski definition) is 4. The average molecular weight is 543 g/mol. The summed E-state index contributed by atoms with van der Waals surface area (Å²) in [6.07, 6.45) is 5.67. The van der Waals surface area contributed by atoms with E-state index in [4.69, 9.17) is 21.4 Å². The minimum Gasteiger partial charge on any atom is -0.478 e. The number of hydrogen-bond donors (Lipinski definition) is 1. The van der Waals surface area contributed by atoms with Crippen LogP contribution in [0.15, 0.2) is 66.7 Å². The van der Waals surface area contributed by atoms with Crippen molar-refractivity contribution in [2.45, 2.75) is 19.3 Å². The van der Waals surface area contributed by atoms with Crippen LogP contribution in [0.4, 0.5) is 10.1 Å². The molecule has 1 aliphatic heterocycles. The summed E-state index contributed by atoms with van der Waals surface area (Å²) in [5.41, 5.74) is 6.55. The van der Waals surface area contributed by atoms with Gasteiger partial charge in [0.1, 0.15) is 5.82 Å². The molecule has 2 fully saturated rings. The van der Waals surface area contributed by atoms with Crippen LogP contribution in [0.2, 0.25) is 5.02 Å². The fourth-order valence-electron chi connectivity index (χ4n) is 5.21. The maximum Gasteiger partial charge on any atom is 0.328 e. The molecule has 0 unspecified atom stereocenters. The van der Waals surface area contributed by atoms with Crippen LogP contribution in [0.25, 0.3) is 17.2 Å². The standard InChI is InChI=1S/C32H28ClFN2O3/c33-29-19-25(34)9-11-28(29)32(22-2-1-3-22)31(23-7-4-21(5-8-23)6-13-30(37)38)27-12-10-26(18-24(27)20-35)36-14-16-39-17-15-36/h4-13,18-19,22H,1-3,14-17H2,(H,37,38). The predicted octanol–water partition coefficient (Wildman–Crippen LogP) is 7.04. The van der Waals surface area contributed by atoms with E-state index in [9.17, 15) is 14.4 Å². The molecule has 0 bridgehead atoms. The molecule has 3 aromatic carbocycles. The van der Waals surface area contributed by atoms with E-state index in [-0.39, 0.29) is 5.92 Å². The minimum atomic E-state index is -1.02. The number of halogens is 2. The van der Waals surface area contributed by atoms with Gasteiger partial charge in [0.15, 0.2) is 0 Å². The molecule has 1 saturated carbocycles. The Labute approximate surface area is 232 Å². The first-order chi connectivity index (χ1) is 18.9. The summed E-state index contributed by atoms with van der Waals surface area (Å²) in [7, 11) is 0. The summed E-state index contributed by atoms with van der Waals surface area (Å²) in [6.45, 7) is 2.81. The number of rotatable bonds is 7. The maximum atomic E-state index is 14.1. The zero-order valence-corrected chi connectivity index (χ0v) is 22.1. The van der Waals surface area contributed by atoms with E-state index < -0.39 is 11.8 Å². The summed E-state index contributed by atoms with van der Waals surface area (Å²) >= 11 is 6.64. The fourth-order valence-corrected chi connectivity index (χ4v) is 5.48. The molecule has 0 spiro atoms. The molecule has 39 heavy (non-hydrogen) atoms. The van der Waals surface area contributed by atoms with Crippen LogP contribution >= 0.6 is 11.6 Å². The van der Waals surface area contributed by atoms with Crippen LogP contribution < -0.4 is 4.90 Å². The van der Waals surface area contributed by atoms with Crippen molar-refractivity contribution >= 4 is 40.5 Å². The SMILES string of the molecule is N#Cc1cc(N2CCOCC2)ccc1C(=C(c1ccc(F)cc1Cl)C1CCC1)c1ccc(C=CC(=O)O)cc1. The van der Waals surface area contributed by atoms with Gasteiger partial charge in [0.25, 0.3) is 0 Å². The number of carbonyl (C=O) groups is 1. The highest BCUT2D eigenvalue weighted by molar-refractivity contribution is 6.32. The predicted molar refractivity (Wildman–Crippen MR) is 152 cm³/mol. The third kappa shape index (κ3) is 5.90. The number of ether oxygens (including phenoxy) is 1. The number of anilines is 1. The van der Waals surface area contributed by atoms with Crippen LogP contribution in [0.3, 0.4) is 0 Å². The first kappa shape index (κ1) is 26.7. The third-order valence-electron chi connectivity index (χ3n) is 7.39. The van der Waals surface area contributed by atoms with Gasteiger partial charge in [0.2, 0.25) is 0 Å². The second-order valence-corrected chi connectivity index (χ2v) is 10.2. The van der Waals surface area contributed by atoms with Crippen molar-refractivity contribution in [3.8, 4) is 6.07 Å². The van der Waals surface area contributed by atoms with Gasteiger partial charge in [-0.3, -0.25) is 0 Å². The molecular formula is C32H28ClFN2O3. The number of morpholine rings is 1. The lowest BCUT2D eigenvalue weighted by atomic mass is 9.72. The number of allylic oxidation sites excluding steroid dienone is 1. The molecule has 0 radical (unpaired) electrons. The van der Waals surface area contributed by atoms with E-state index >= 15 is 0 Å². The normalized spacial score (nSPS) is 16.5. The molecule has 5 nitrogen and oxygen atoms in total. The minimum absolute atomic E-state index is 0.208. The quantitative estimate of drug-likeness (QED) is 0.256. The van der Waals surface area contributed by atoms with Crippen molar-refractivity contribution in [1.29, 1.82) is 5.26 Å². The molecular weight excluding hydrogens is 515 g/mol. The number of carboxylic acid groups (broad SMARTS) is 1. The lowest BCUT2D eigenvalue weighted by molar-refractivity contribution is -0.131. The Morgan fingerprint density at radius 2 is 1.77 bits per heavy atom. The van der Waals surface area contributed by atoms with Gasteiger partial charge >= 0.3 is 5.97 Å². The Kier molecular flexibility index (Phi) is 8.11. The van der Waals surface area contributed by atoms with Gasteiger partial charge in [0.05, 0.1) is 29.9 Å². The molecule has 198 valence electrons. The average Bonchev–Trinajstić information content (AvgIpc) is 2.92. The highest BCUT2D eigenvalue weighted by Gasteiger charge is 2.29. The van der Waals surface area contributed by atoms with Crippen LogP contribution in [0.5, 0.6) is 0 Å². The van der Waals surface area contributed by atoms with Gasteiger partial charge in [-0.15, -0.1) is 0 Å². The monoisotopic (exact) mass is 542 g/mol. The summed E-state index contributed by atoms with van der Waals surface area (Å²) in [5, 5.41) is 19.6. The van der Waals surface area contributed by atoms with Crippen molar-refractivity contribution in [3.63, 3.8) is 0 Å². The van der Waals surface area contributed by atoms with Crippen LogP contribution in [0, 0.1) is 23.1 Å². The van der Waals surface area contributed by atoms with E-state index in [1.807, 2.05) is 42.5 Å². The van der Waals surface area contributed by atoms with Gasteiger partial charge in [-0.05, 0) is 76.9 Å². The zero-order chi connectivity index (χ0) is 27.4. The summed E-state index contributed by atoms with van der Waals surface area (Å²) in [4.78, 5) is 13.2. The van der Waals surface area contributed by atoms with E-state index in [1.54, 1.807) is 6.07 Å². The molecule has 0 atom stereocenters. The molecule has 5 rings (SSSR count).